The lowest BCUT2D eigenvalue weighted by atomic mass is 9.97. The average Bonchev–Trinajstić information content (AvgIpc) is 2.51. The Kier molecular flexibility index (Phi) is 4.38. The fourth-order valence-electron chi connectivity index (χ4n) is 2.64. The van der Waals surface area contributed by atoms with E-state index in [1.54, 1.807) is 20.0 Å². The zero-order chi connectivity index (χ0) is 16.4. The molecule has 0 unspecified atom stereocenters. The van der Waals surface area contributed by atoms with Crippen LogP contribution < -0.4 is 0 Å². The Labute approximate surface area is 141 Å². The highest BCUT2D eigenvalue weighted by molar-refractivity contribution is 6.30. The van der Waals surface area contributed by atoms with Crippen LogP contribution in [0, 0.1) is 0 Å². The third-order valence-corrected chi connectivity index (χ3v) is 4.28. The molecule has 1 heterocycles. The van der Waals surface area contributed by atoms with Crippen LogP contribution >= 0.6 is 11.6 Å². The maximum atomic E-state index is 10.1. The van der Waals surface area contributed by atoms with E-state index in [1.165, 1.54) is 11.1 Å². The second-order valence-corrected chi connectivity index (χ2v) is 6.88. The van der Waals surface area contributed by atoms with Gasteiger partial charge in [-0.2, -0.15) is 0 Å². The van der Waals surface area contributed by atoms with E-state index in [4.69, 9.17) is 11.6 Å². The van der Waals surface area contributed by atoms with Gasteiger partial charge in [0.25, 0.3) is 0 Å². The van der Waals surface area contributed by atoms with Crippen LogP contribution in [0.5, 0.6) is 0 Å². The van der Waals surface area contributed by atoms with Crippen molar-refractivity contribution in [3.63, 3.8) is 0 Å². The Balaban J connectivity index is 1.80. The number of pyridine rings is 1. The van der Waals surface area contributed by atoms with Crippen molar-refractivity contribution in [1.82, 2.24) is 4.98 Å². The van der Waals surface area contributed by atoms with E-state index in [0.29, 0.717) is 0 Å². The van der Waals surface area contributed by atoms with Crippen LogP contribution in [0.4, 0.5) is 0 Å². The summed E-state index contributed by atoms with van der Waals surface area (Å²) in [5.74, 6) is 0. The normalized spacial score (nSPS) is 11.8. The first-order valence-electron chi connectivity index (χ1n) is 7.78. The van der Waals surface area contributed by atoms with Gasteiger partial charge in [-0.25, -0.2) is 0 Å². The molecule has 0 saturated heterocycles. The lowest BCUT2D eigenvalue weighted by Crippen LogP contribution is -2.15. The smallest absolute Gasteiger partial charge is 0.0855 e. The van der Waals surface area contributed by atoms with Crippen molar-refractivity contribution >= 4 is 22.5 Å². The average molecular weight is 326 g/mol. The van der Waals surface area contributed by atoms with Gasteiger partial charge in [0.05, 0.1) is 11.1 Å². The van der Waals surface area contributed by atoms with Gasteiger partial charge in [0.15, 0.2) is 0 Å². The van der Waals surface area contributed by atoms with Gasteiger partial charge < -0.3 is 5.11 Å². The van der Waals surface area contributed by atoms with Crippen molar-refractivity contribution in [2.75, 3.05) is 0 Å². The molecule has 0 radical (unpaired) electrons. The molecule has 3 aromatic rings. The van der Waals surface area contributed by atoms with Crippen molar-refractivity contribution in [3.05, 3.63) is 76.4 Å². The highest BCUT2D eigenvalue weighted by Gasteiger charge is 2.16. The number of halogens is 1. The Bertz CT molecular complexity index is 836. The van der Waals surface area contributed by atoms with Gasteiger partial charge in [-0.1, -0.05) is 35.9 Å². The number of fused-ring (bicyclic) bond motifs is 1. The third-order valence-electron chi connectivity index (χ3n) is 4.05. The molecule has 0 spiro atoms. The summed E-state index contributed by atoms with van der Waals surface area (Å²) in [6.07, 6.45) is 3.65. The van der Waals surface area contributed by atoms with Crippen molar-refractivity contribution < 1.29 is 5.11 Å². The molecule has 0 amide bonds. The van der Waals surface area contributed by atoms with Crippen molar-refractivity contribution in [1.29, 1.82) is 0 Å². The zero-order valence-corrected chi connectivity index (χ0v) is 14.1. The number of benzene rings is 2. The van der Waals surface area contributed by atoms with Gasteiger partial charge >= 0.3 is 0 Å². The SMILES string of the molecule is CC(C)(O)c1cnc2cc(CCc3cccc(Cl)c3)ccc2c1. The molecule has 3 rings (SSSR count). The first-order chi connectivity index (χ1) is 10.9. The fourth-order valence-corrected chi connectivity index (χ4v) is 2.85. The first-order valence-corrected chi connectivity index (χ1v) is 8.15. The van der Waals surface area contributed by atoms with Gasteiger partial charge in [0.2, 0.25) is 0 Å². The quantitative estimate of drug-likeness (QED) is 0.740. The molecule has 0 aliphatic rings. The van der Waals surface area contributed by atoms with E-state index in [2.05, 4.69) is 29.2 Å². The monoisotopic (exact) mass is 325 g/mol. The first kappa shape index (κ1) is 16.0. The van der Waals surface area contributed by atoms with Gasteiger partial charge in [-0.3, -0.25) is 4.98 Å². The fraction of sp³-hybridized carbons (Fsp3) is 0.250. The molecular formula is C20H20ClNO. The lowest BCUT2D eigenvalue weighted by molar-refractivity contribution is 0.0784. The lowest BCUT2D eigenvalue weighted by Gasteiger charge is -2.17. The summed E-state index contributed by atoms with van der Waals surface area (Å²) >= 11 is 6.03. The molecule has 1 aromatic heterocycles. The van der Waals surface area contributed by atoms with E-state index in [0.717, 1.165) is 34.3 Å². The van der Waals surface area contributed by atoms with Crippen LogP contribution in [-0.4, -0.2) is 10.1 Å². The number of aliphatic hydroxyl groups is 1. The van der Waals surface area contributed by atoms with Gasteiger partial charge in [-0.05, 0) is 62.1 Å². The van der Waals surface area contributed by atoms with E-state index in [1.807, 2.05) is 24.3 Å². The van der Waals surface area contributed by atoms with Crippen molar-refractivity contribution in [2.24, 2.45) is 0 Å². The summed E-state index contributed by atoms with van der Waals surface area (Å²) < 4.78 is 0. The van der Waals surface area contributed by atoms with Gasteiger partial charge in [0, 0.05) is 22.2 Å². The predicted octanol–water partition coefficient (Wildman–Crippen LogP) is 4.90. The summed E-state index contributed by atoms with van der Waals surface area (Å²) in [5.41, 5.74) is 3.41. The number of rotatable bonds is 4. The molecule has 2 aromatic carbocycles. The number of aryl methyl sites for hydroxylation is 2. The summed E-state index contributed by atoms with van der Waals surface area (Å²) in [6, 6.07) is 16.3. The minimum Gasteiger partial charge on any atom is -0.386 e. The molecular weight excluding hydrogens is 306 g/mol. The molecule has 3 heteroatoms. The second kappa shape index (κ2) is 6.31. The highest BCUT2D eigenvalue weighted by atomic mass is 35.5. The predicted molar refractivity (Wildman–Crippen MR) is 95.8 cm³/mol. The van der Waals surface area contributed by atoms with Gasteiger partial charge in [-0.15, -0.1) is 0 Å². The third kappa shape index (κ3) is 3.90. The standard InChI is InChI=1S/C20H20ClNO/c1-20(2,23)17-12-16-9-8-15(11-19(16)22-13-17)7-6-14-4-3-5-18(21)10-14/h3-5,8-13,23H,6-7H2,1-2H3. The summed E-state index contributed by atoms with van der Waals surface area (Å²) in [5, 5.41) is 11.9. The highest BCUT2D eigenvalue weighted by Crippen LogP contribution is 2.23. The second-order valence-electron chi connectivity index (χ2n) is 6.44. The molecule has 118 valence electrons. The molecule has 23 heavy (non-hydrogen) atoms. The Morgan fingerprint density at radius 1 is 1.00 bits per heavy atom. The molecule has 1 N–H and O–H groups in total. The van der Waals surface area contributed by atoms with Gasteiger partial charge in [0.1, 0.15) is 0 Å². The number of aromatic nitrogens is 1. The van der Waals surface area contributed by atoms with Crippen LogP contribution in [0.1, 0.15) is 30.5 Å². The molecule has 0 bridgehead atoms. The molecule has 0 saturated carbocycles. The maximum Gasteiger partial charge on any atom is 0.0855 e. The van der Waals surface area contributed by atoms with E-state index in [-0.39, 0.29) is 0 Å². The minimum absolute atomic E-state index is 0.779. The Hall–Kier alpha value is -1.90. The van der Waals surface area contributed by atoms with Crippen LogP contribution in [0.15, 0.2) is 54.7 Å². The summed E-state index contributed by atoms with van der Waals surface area (Å²) in [4.78, 5) is 4.50. The number of hydrogen-bond acceptors (Lipinski definition) is 2. The molecule has 0 atom stereocenters. The van der Waals surface area contributed by atoms with E-state index < -0.39 is 5.60 Å². The largest absolute Gasteiger partial charge is 0.386 e. The Morgan fingerprint density at radius 3 is 2.43 bits per heavy atom. The van der Waals surface area contributed by atoms with E-state index in [9.17, 15) is 5.11 Å². The molecule has 0 aliphatic carbocycles. The van der Waals surface area contributed by atoms with Crippen molar-refractivity contribution in [3.8, 4) is 0 Å². The van der Waals surface area contributed by atoms with Crippen molar-refractivity contribution in [2.45, 2.75) is 32.3 Å². The molecule has 0 aliphatic heterocycles. The maximum absolute atomic E-state index is 10.1. The topological polar surface area (TPSA) is 33.1 Å². The van der Waals surface area contributed by atoms with Crippen LogP contribution in [0.2, 0.25) is 5.02 Å². The molecule has 2 nitrogen and oxygen atoms in total. The van der Waals surface area contributed by atoms with Crippen LogP contribution in [-0.2, 0) is 18.4 Å². The summed E-state index contributed by atoms with van der Waals surface area (Å²) in [7, 11) is 0. The molecule has 0 fully saturated rings. The zero-order valence-electron chi connectivity index (χ0n) is 13.4. The Morgan fingerprint density at radius 2 is 1.74 bits per heavy atom. The number of hydrogen-bond donors (Lipinski definition) is 1. The minimum atomic E-state index is -0.869. The number of nitrogens with zero attached hydrogens (tertiary/aromatic N) is 1. The van der Waals surface area contributed by atoms with Crippen LogP contribution in [0.3, 0.4) is 0 Å². The van der Waals surface area contributed by atoms with E-state index >= 15 is 0 Å². The van der Waals surface area contributed by atoms with Crippen LogP contribution in [0.25, 0.3) is 10.9 Å². The summed E-state index contributed by atoms with van der Waals surface area (Å²) in [6.45, 7) is 3.55.